The lowest BCUT2D eigenvalue weighted by atomic mass is 10.0. The number of nitrogen functional groups attached to an aromatic ring is 1. The first kappa shape index (κ1) is 17.6. The highest BCUT2D eigenvalue weighted by molar-refractivity contribution is 5.87. The van der Waals surface area contributed by atoms with Gasteiger partial charge in [-0.25, -0.2) is 4.98 Å². The van der Waals surface area contributed by atoms with Crippen molar-refractivity contribution in [3.05, 3.63) is 59.9 Å². The van der Waals surface area contributed by atoms with Gasteiger partial charge in [-0.05, 0) is 36.4 Å². The number of pyridine rings is 2. The molecule has 0 fully saturated rings. The van der Waals surface area contributed by atoms with Gasteiger partial charge >= 0.3 is 5.97 Å². The van der Waals surface area contributed by atoms with Gasteiger partial charge in [-0.3, -0.25) is 14.7 Å². The number of carbonyl (C=O) groups is 1. The Morgan fingerprint density at radius 3 is 2.73 bits per heavy atom. The number of carboxylic acids is 1. The fraction of sp³-hybridized carbons (Fsp3) is 0.211. The molecule has 7 heteroatoms. The first-order chi connectivity index (χ1) is 12.5. The van der Waals surface area contributed by atoms with E-state index in [9.17, 15) is 9.90 Å². The number of likely N-dealkylation sites (N-methyl/N-ethyl adjacent to an activating group) is 1. The lowest BCUT2D eigenvalue weighted by molar-refractivity contribution is -0.143. The standard InChI is InChI=1S/C19H20N4O3/c1-23(18(19(24)25)12-6-8-16(20)22-10-12)11-13-5-7-15(26-2)17-14(13)4-3-9-21-17/h3-10,18H,11H2,1-2H3,(H2,20,22)(H,24,25). The molecule has 0 saturated carbocycles. The Labute approximate surface area is 151 Å². The number of nitrogens with two attached hydrogens (primary N) is 1. The van der Waals surface area contributed by atoms with E-state index in [0.717, 1.165) is 16.5 Å². The topological polar surface area (TPSA) is 102 Å². The molecule has 26 heavy (non-hydrogen) atoms. The van der Waals surface area contributed by atoms with E-state index in [1.54, 1.807) is 37.4 Å². The van der Waals surface area contributed by atoms with Crippen molar-refractivity contribution in [1.82, 2.24) is 14.9 Å². The number of anilines is 1. The van der Waals surface area contributed by atoms with Crippen molar-refractivity contribution in [3.8, 4) is 5.75 Å². The number of carboxylic acid groups (broad SMARTS) is 1. The summed E-state index contributed by atoms with van der Waals surface area (Å²) in [7, 11) is 3.37. The molecule has 0 bridgehead atoms. The molecule has 1 atom stereocenters. The van der Waals surface area contributed by atoms with E-state index in [-0.39, 0.29) is 0 Å². The van der Waals surface area contributed by atoms with Gasteiger partial charge < -0.3 is 15.6 Å². The lowest BCUT2D eigenvalue weighted by Crippen LogP contribution is -2.30. The summed E-state index contributed by atoms with van der Waals surface area (Å²) in [4.78, 5) is 22.0. The van der Waals surface area contributed by atoms with Crippen LogP contribution in [0, 0.1) is 0 Å². The largest absolute Gasteiger partial charge is 0.494 e. The highest BCUT2D eigenvalue weighted by Gasteiger charge is 2.25. The van der Waals surface area contributed by atoms with E-state index in [4.69, 9.17) is 10.5 Å². The van der Waals surface area contributed by atoms with Gasteiger partial charge in [-0.15, -0.1) is 0 Å². The van der Waals surface area contributed by atoms with Crippen LogP contribution in [0.1, 0.15) is 17.2 Å². The second-order valence-electron chi connectivity index (χ2n) is 6.00. The quantitative estimate of drug-likeness (QED) is 0.702. The number of hydrogen-bond acceptors (Lipinski definition) is 6. The van der Waals surface area contributed by atoms with Gasteiger partial charge in [-0.2, -0.15) is 0 Å². The van der Waals surface area contributed by atoms with E-state index in [2.05, 4.69) is 9.97 Å². The van der Waals surface area contributed by atoms with Crippen molar-refractivity contribution in [1.29, 1.82) is 0 Å². The zero-order chi connectivity index (χ0) is 18.7. The fourth-order valence-corrected chi connectivity index (χ4v) is 3.03. The van der Waals surface area contributed by atoms with Crippen LogP contribution in [-0.4, -0.2) is 40.1 Å². The molecule has 0 aliphatic carbocycles. The van der Waals surface area contributed by atoms with Gasteiger partial charge in [0.2, 0.25) is 0 Å². The van der Waals surface area contributed by atoms with Crippen LogP contribution in [0.5, 0.6) is 5.75 Å². The summed E-state index contributed by atoms with van der Waals surface area (Å²) in [5.41, 5.74) is 7.89. The molecular weight excluding hydrogens is 332 g/mol. The highest BCUT2D eigenvalue weighted by atomic mass is 16.5. The van der Waals surface area contributed by atoms with Crippen molar-refractivity contribution in [2.24, 2.45) is 0 Å². The van der Waals surface area contributed by atoms with Gasteiger partial charge in [0.05, 0.1) is 7.11 Å². The second kappa shape index (κ2) is 7.37. The molecule has 0 spiro atoms. The molecule has 2 aromatic heterocycles. The Hall–Kier alpha value is -3.19. The Morgan fingerprint density at radius 2 is 2.08 bits per heavy atom. The van der Waals surface area contributed by atoms with Crippen molar-refractivity contribution >= 4 is 22.7 Å². The molecule has 134 valence electrons. The number of hydrogen-bond donors (Lipinski definition) is 2. The normalized spacial score (nSPS) is 12.3. The van der Waals surface area contributed by atoms with Crippen molar-refractivity contribution in [2.75, 3.05) is 19.9 Å². The van der Waals surface area contributed by atoms with Gasteiger partial charge in [-0.1, -0.05) is 18.2 Å². The summed E-state index contributed by atoms with van der Waals surface area (Å²) in [5.74, 6) is 0.0901. The van der Waals surface area contributed by atoms with Crippen LogP contribution >= 0.6 is 0 Å². The molecule has 1 aromatic carbocycles. The third-order valence-corrected chi connectivity index (χ3v) is 4.26. The number of rotatable bonds is 6. The summed E-state index contributed by atoms with van der Waals surface area (Å²) >= 11 is 0. The van der Waals surface area contributed by atoms with Crippen LogP contribution < -0.4 is 10.5 Å². The Kier molecular flexibility index (Phi) is 4.99. The number of methoxy groups -OCH3 is 1. The number of ether oxygens (including phenoxy) is 1. The summed E-state index contributed by atoms with van der Waals surface area (Å²) < 4.78 is 5.36. The number of fused-ring (bicyclic) bond motifs is 1. The number of nitrogens with zero attached hydrogens (tertiary/aromatic N) is 3. The maximum Gasteiger partial charge on any atom is 0.325 e. The smallest absolute Gasteiger partial charge is 0.325 e. The van der Waals surface area contributed by atoms with E-state index in [1.807, 2.05) is 24.3 Å². The van der Waals surface area contributed by atoms with Crippen LogP contribution in [0.15, 0.2) is 48.8 Å². The maximum absolute atomic E-state index is 11.8. The Balaban J connectivity index is 1.95. The Bertz CT molecular complexity index is 928. The maximum atomic E-state index is 11.8. The van der Waals surface area contributed by atoms with E-state index < -0.39 is 12.0 Å². The Morgan fingerprint density at radius 1 is 1.27 bits per heavy atom. The molecule has 0 radical (unpaired) electrons. The first-order valence-electron chi connectivity index (χ1n) is 8.06. The van der Waals surface area contributed by atoms with Gasteiger partial charge in [0.25, 0.3) is 0 Å². The van der Waals surface area contributed by atoms with E-state index in [1.165, 1.54) is 6.20 Å². The number of aliphatic carboxylic acids is 1. The summed E-state index contributed by atoms with van der Waals surface area (Å²) in [6, 6.07) is 10.0. The van der Waals surface area contributed by atoms with Gasteiger partial charge in [0.1, 0.15) is 23.1 Å². The van der Waals surface area contributed by atoms with Gasteiger partial charge in [0.15, 0.2) is 0 Å². The summed E-state index contributed by atoms with van der Waals surface area (Å²) in [6.45, 7) is 0.424. The molecular formula is C19H20N4O3. The van der Waals surface area contributed by atoms with Crippen LogP contribution in [-0.2, 0) is 11.3 Å². The van der Waals surface area contributed by atoms with E-state index >= 15 is 0 Å². The number of aromatic nitrogens is 2. The predicted octanol–water partition coefficient (Wildman–Crippen LogP) is 2.48. The minimum Gasteiger partial charge on any atom is -0.494 e. The average molecular weight is 352 g/mol. The molecule has 0 aliphatic rings. The first-order valence-corrected chi connectivity index (χ1v) is 8.06. The average Bonchev–Trinajstić information content (AvgIpc) is 2.63. The molecule has 0 amide bonds. The zero-order valence-corrected chi connectivity index (χ0v) is 14.6. The molecule has 7 nitrogen and oxygen atoms in total. The van der Waals surface area contributed by atoms with Crippen molar-refractivity contribution < 1.29 is 14.6 Å². The van der Waals surface area contributed by atoms with Crippen LogP contribution in [0.2, 0.25) is 0 Å². The lowest BCUT2D eigenvalue weighted by Gasteiger charge is -2.25. The molecule has 3 rings (SSSR count). The third-order valence-electron chi connectivity index (χ3n) is 4.26. The fourth-order valence-electron chi connectivity index (χ4n) is 3.03. The third kappa shape index (κ3) is 3.43. The van der Waals surface area contributed by atoms with Crippen LogP contribution in [0.25, 0.3) is 10.9 Å². The highest BCUT2D eigenvalue weighted by Crippen LogP contribution is 2.29. The number of benzene rings is 1. The van der Waals surface area contributed by atoms with Crippen molar-refractivity contribution in [3.63, 3.8) is 0 Å². The van der Waals surface area contributed by atoms with E-state index in [0.29, 0.717) is 23.7 Å². The SMILES string of the molecule is COc1ccc(CN(C)C(C(=O)O)c2ccc(N)nc2)c2cccnc12. The summed E-state index contributed by atoms with van der Waals surface area (Å²) in [6.07, 6.45) is 3.21. The molecule has 3 N–H and O–H groups in total. The molecule has 0 saturated heterocycles. The zero-order valence-electron chi connectivity index (χ0n) is 14.6. The minimum atomic E-state index is -0.949. The molecule has 2 heterocycles. The van der Waals surface area contributed by atoms with Crippen LogP contribution in [0.4, 0.5) is 5.82 Å². The molecule has 3 aromatic rings. The van der Waals surface area contributed by atoms with Gasteiger partial charge in [0, 0.05) is 24.3 Å². The monoisotopic (exact) mass is 352 g/mol. The second-order valence-corrected chi connectivity index (χ2v) is 6.00. The van der Waals surface area contributed by atoms with Crippen molar-refractivity contribution in [2.45, 2.75) is 12.6 Å². The predicted molar refractivity (Wildman–Crippen MR) is 98.8 cm³/mol. The molecule has 0 aliphatic heterocycles. The minimum absolute atomic E-state index is 0.354. The van der Waals surface area contributed by atoms with Crippen LogP contribution in [0.3, 0.4) is 0 Å². The molecule has 1 unspecified atom stereocenters. The summed E-state index contributed by atoms with van der Waals surface area (Å²) in [5, 5.41) is 10.6.